The standard InChI is InChI=1S/C24H21FN2O2S/c1-15-5-3-6-19(16(15)2)26-22-21(20-7-4-14-30-20)23(28)27(24(22)29)13-12-17-8-10-18(25)11-9-17/h3-11,14,26H,12-13H2,1-2H3. The Labute approximate surface area is 178 Å². The van der Waals surface area contributed by atoms with Crippen LogP contribution in [0.3, 0.4) is 0 Å². The minimum Gasteiger partial charge on any atom is -0.350 e. The lowest BCUT2D eigenvalue weighted by molar-refractivity contribution is -0.136. The highest BCUT2D eigenvalue weighted by atomic mass is 32.1. The summed E-state index contributed by atoms with van der Waals surface area (Å²) in [5.41, 5.74) is 4.50. The Balaban J connectivity index is 1.64. The number of amides is 2. The van der Waals surface area contributed by atoms with E-state index in [-0.39, 0.29) is 24.2 Å². The van der Waals surface area contributed by atoms with Gasteiger partial charge in [-0.1, -0.05) is 30.3 Å². The Kier molecular flexibility index (Phi) is 5.50. The molecule has 4 rings (SSSR count). The van der Waals surface area contributed by atoms with Gasteiger partial charge in [-0.3, -0.25) is 14.5 Å². The second-order valence-electron chi connectivity index (χ2n) is 7.24. The van der Waals surface area contributed by atoms with Crippen molar-refractivity contribution in [1.82, 2.24) is 4.90 Å². The van der Waals surface area contributed by atoms with Gasteiger partial charge in [-0.05, 0) is 66.6 Å². The van der Waals surface area contributed by atoms with Gasteiger partial charge in [0.2, 0.25) is 0 Å². The van der Waals surface area contributed by atoms with E-state index in [1.807, 2.05) is 49.6 Å². The minimum absolute atomic E-state index is 0.232. The van der Waals surface area contributed by atoms with E-state index in [1.54, 1.807) is 12.1 Å². The molecule has 0 saturated carbocycles. The van der Waals surface area contributed by atoms with Crippen molar-refractivity contribution in [2.75, 3.05) is 11.9 Å². The average molecular weight is 421 g/mol. The first-order valence-corrected chi connectivity index (χ1v) is 10.6. The molecule has 1 aromatic heterocycles. The van der Waals surface area contributed by atoms with Crippen molar-refractivity contribution in [3.63, 3.8) is 0 Å². The van der Waals surface area contributed by atoms with E-state index in [0.29, 0.717) is 17.7 Å². The van der Waals surface area contributed by atoms with E-state index in [2.05, 4.69) is 5.32 Å². The molecule has 2 amide bonds. The molecule has 30 heavy (non-hydrogen) atoms. The fourth-order valence-corrected chi connectivity index (χ4v) is 4.23. The second-order valence-corrected chi connectivity index (χ2v) is 8.19. The maximum absolute atomic E-state index is 13.2. The van der Waals surface area contributed by atoms with Gasteiger partial charge in [0.05, 0.1) is 5.57 Å². The molecule has 2 heterocycles. The van der Waals surface area contributed by atoms with Gasteiger partial charge in [-0.25, -0.2) is 4.39 Å². The van der Waals surface area contributed by atoms with Gasteiger partial charge in [-0.2, -0.15) is 0 Å². The van der Waals surface area contributed by atoms with Gasteiger partial charge in [0.25, 0.3) is 11.8 Å². The minimum atomic E-state index is -0.341. The Morgan fingerprint density at radius 3 is 2.43 bits per heavy atom. The number of hydrogen-bond acceptors (Lipinski definition) is 4. The zero-order valence-electron chi connectivity index (χ0n) is 16.7. The molecule has 152 valence electrons. The van der Waals surface area contributed by atoms with Crippen molar-refractivity contribution < 1.29 is 14.0 Å². The lowest BCUT2D eigenvalue weighted by atomic mass is 10.1. The predicted octanol–water partition coefficient (Wildman–Crippen LogP) is 4.94. The molecule has 3 aromatic rings. The summed E-state index contributed by atoms with van der Waals surface area (Å²) in [6.07, 6.45) is 0.465. The van der Waals surface area contributed by atoms with Gasteiger partial charge in [0.15, 0.2) is 0 Å². The number of rotatable bonds is 6. The number of aryl methyl sites for hydroxylation is 1. The van der Waals surface area contributed by atoms with Gasteiger partial charge < -0.3 is 5.32 Å². The van der Waals surface area contributed by atoms with Gasteiger partial charge >= 0.3 is 0 Å². The number of imide groups is 1. The average Bonchev–Trinajstić information content (AvgIpc) is 3.33. The molecule has 1 aliphatic heterocycles. The second kappa shape index (κ2) is 8.24. The maximum atomic E-state index is 13.2. The van der Waals surface area contributed by atoms with Gasteiger partial charge in [-0.15, -0.1) is 11.3 Å². The van der Waals surface area contributed by atoms with Crippen molar-refractivity contribution >= 4 is 34.4 Å². The van der Waals surface area contributed by atoms with Crippen molar-refractivity contribution in [2.45, 2.75) is 20.3 Å². The number of anilines is 1. The molecule has 0 spiro atoms. The third-order valence-corrected chi connectivity index (χ3v) is 6.22. The highest BCUT2D eigenvalue weighted by molar-refractivity contribution is 7.11. The van der Waals surface area contributed by atoms with Crippen molar-refractivity contribution in [2.24, 2.45) is 0 Å². The molecule has 4 nitrogen and oxygen atoms in total. The van der Waals surface area contributed by atoms with E-state index < -0.39 is 0 Å². The van der Waals surface area contributed by atoms with Crippen LogP contribution in [-0.2, 0) is 16.0 Å². The summed E-state index contributed by atoms with van der Waals surface area (Å²) < 4.78 is 13.1. The van der Waals surface area contributed by atoms with Crippen LogP contribution in [0.25, 0.3) is 5.57 Å². The monoisotopic (exact) mass is 420 g/mol. The van der Waals surface area contributed by atoms with Crippen molar-refractivity contribution in [3.05, 3.63) is 93.1 Å². The first-order chi connectivity index (χ1) is 14.5. The third kappa shape index (κ3) is 3.78. The maximum Gasteiger partial charge on any atom is 0.278 e. The molecule has 0 unspecified atom stereocenters. The van der Waals surface area contributed by atoms with Crippen LogP contribution in [0, 0.1) is 19.7 Å². The number of nitrogens with one attached hydrogen (secondary N) is 1. The molecule has 0 atom stereocenters. The molecule has 1 N–H and O–H groups in total. The summed E-state index contributed by atoms with van der Waals surface area (Å²) in [6.45, 7) is 4.22. The fourth-order valence-electron chi connectivity index (χ4n) is 3.46. The number of thiophene rings is 1. The number of halogens is 1. The fraction of sp³-hybridized carbons (Fsp3) is 0.167. The zero-order chi connectivity index (χ0) is 21.3. The normalized spacial score (nSPS) is 14.0. The smallest absolute Gasteiger partial charge is 0.278 e. The van der Waals surface area contributed by atoms with E-state index in [4.69, 9.17) is 0 Å². The number of nitrogens with zero attached hydrogens (tertiary/aromatic N) is 1. The number of carbonyl (C=O) groups excluding carboxylic acids is 2. The Hall–Kier alpha value is -3.25. The van der Waals surface area contributed by atoms with E-state index in [0.717, 1.165) is 27.3 Å². The molecule has 0 fully saturated rings. The lowest BCUT2D eigenvalue weighted by Gasteiger charge is -2.16. The SMILES string of the molecule is Cc1cccc(NC2=C(c3cccs3)C(=O)N(CCc3ccc(F)cc3)C2=O)c1C. The molecular weight excluding hydrogens is 399 g/mol. The Morgan fingerprint density at radius 2 is 1.73 bits per heavy atom. The molecule has 2 aromatic carbocycles. The van der Waals surface area contributed by atoms with Crippen LogP contribution in [0.2, 0.25) is 0 Å². The van der Waals surface area contributed by atoms with Crippen LogP contribution in [-0.4, -0.2) is 23.3 Å². The first kappa shape index (κ1) is 20.0. The van der Waals surface area contributed by atoms with Crippen LogP contribution < -0.4 is 5.32 Å². The van der Waals surface area contributed by atoms with Crippen LogP contribution in [0.1, 0.15) is 21.6 Å². The topological polar surface area (TPSA) is 49.4 Å². The number of carbonyl (C=O) groups is 2. The van der Waals surface area contributed by atoms with E-state index in [9.17, 15) is 14.0 Å². The zero-order valence-corrected chi connectivity index (χ0v) is 17.6. The lowest BCUT2D eigenvalue weighted by Crippen LogP contribution is -2.34. The van der Waals surface area contributed by atoms with E-state index in [1.165, 1.54) is 28.4 Å². The van der Waals surface area contributed by atoms with Crippen LogP contribution in [0.5, 0.6) is 0 Å². The Morgan fingerprint density at radius 1 is 0.967 bits per heavy atom. The highest BCUT2D eigenvalue weighted by Gasteiger charge is 2.39. The van der Waals surface area contributed by atoms with Crippen LogP contribution in [0.4, 0.5) is 10.1 Å². The van der Waals surface area contributed by atoms with Gasteiger partial charge in [0.1, 0.15) is 11.5 Å². The molecule has 0 radical (unpaired) electrons. The molecule has 6 heteroatoms. The van der Waals surface area contributed by atoms with Gasteiger partial charge in [0, 0.05) is 17.1 Å². The van der Waals surface area contributed by atoms with Crippen molar-refractivity contribution in [3.8, 4) is 0 Å². The van der Waals surface area contributed by atoms with Crippen LogP contribution in [0.15, 0.2) is 65.7 Å². The summed E-state index contributed by atoms with van der Waals surface area (Å²) in [5.74, 6) is -0.961. The molecule has 0 saturated heterocycles. The molecule has 0 aliphatic carbocycles. The first-order valence-electron chi connectivity index (χ1n) is 9.67. The third-order valence-electron chi connectivity index (χ3n) is 5.34. The largest absolute Gasteiger partial charge is 0.350 e. The van der Waals surface area contributed by atoms with E-state index >= 15 is 0 Å². The summed E-state index contributed by atoms with van der Waals surface area (Å²) in [5, 5.41) is 5.11. The molecular formula is C24H21FN2O2S. The Bertz CT molecular complexity index is 1130. The predicted molar refractivity (Wildman–Crippen MR) is 118 cm³/mol. The summed E-state index contributed by atoms with van der Waals surface area (Å²) in [6, 6.07) is 15.6. The van der Waals surface area contributed by atoms with Crippen molar-refractivity contribution in [1.29, 1.82) is 0 Å². The summed E-state index contributed by atoms with van der Waals surface area (Å²) >= 11 is 1.43. The molecule has 1 aliphatic rings. The summed E-state index contributed by atoms with van der Waals surface area (Å²) in [7, 11) is 0. The summed E-state index contributed by atoms with van der Waals surface area (Å²) in [4.78, 5) is 28.4. The molecule has 0 bridgehead atoms. The highest BCUT2D eigenvalue weighted by Crippen LogP contribution is 2.33. The number of hydrogen-bond donors (Lipinski definition) is 1. The quantitative estimate of drug-likeness (QED) is 0.575. The van der Waals surface area contributed by atoms with Crippen LogP contribution >= 0.6 is 11.3 Å². The number of benzene rings is 2.